The van der Waals surface area contributed by atoms with E-state index in [4.69, 9.17) is 9.47 Å². The summed E-state index contributed by atoms with van der Waals surface area (Å²) in [7, 11) is -3.65. The van der Waals surface area contributed by atoms with Crippen LogP contribution in [0.4, 0.5) is 0 Å². The molecule has 5 aromatic carbocycles. The summed E-state index contributed by atoms with van der Waals surface area (Å²) in [6.07, 6.45) is 0.447. The lowest BCUT2D eigenvalue weighted by Crippen LogP contribution is -2.46. The SMILES string of the molecule is CS(=O)(=O)CC[C@H](C(=O)OCC(=O)c1ccc2ccccc2c1)N1C(=O)c2ccc(C(=O)OCC(=O)c3ccc4ccccc4c3)cc2C1=O. The molecular formula is C38H29NO10S. The molecular weight excluding hydrogens is 662 g/mol. The second-order valence-corrected chi connectivity index (χ2v) is 14.1. The fourth-order valence-electron chi connectivity index (χ4n) is 5.69. The molecule has 2 amide bonds. The van der Waals surface area contributed by atoms with E-state index in [1.807, 2.05) is 48.5 Å². The summed E-state index contributed by atoms with van der Waals surface area (Å²) in [5, 5.41) is 3.47. The number of nitrogens with zero attached hydrogens (tertiary/aromatic N) is 1. The molecule has 1 aliphatic heterocycles. The molecule has 50 heavy (non-hydrogen) atoms. The highest BCUT2D eigenvalue weighted by Crippen LogP contribution is 2.28. The van der Waals surface area contributed by atoms with Gasteiger partial charge >= 0.3 is 11.9 Å². The smallest absolute Gasteiger partial charge is 0.338 e. The lowest BCUT2D eigenvalue weighted by Gasteiger charge is -2.24. The van der Waals surface area contributed by atoms with E-state index in [0.717, 1.165) is 33.9 Å². The standard InChI is InChI=1S/C38H29NO10S/c1-50(46,47)17-16-32(38(45)49-22-34(41)28-13-11-24-7-3-5-9-26(24)19-28)39-35(42)30-15-14-29(20-31(30)36(39)43)37(44)48-21-33(40)27-12-10-23-6-2-4-8-25(23)18-27/h2-15,18-20,32H,16-17,21-22H2,1H3/t32-/m1/s1. The molecule has 252 valence electrons. The van der Waals surface area contributed by atoms with Gasteiger partial charge in [-0.3, -0.25) is 24.1 Å². The molecule has 0 N–H and O–H groups in total. The Labute approximate surface area is 286 Å². The minimum atomic E-state index is -3.65. The topological polar surface area (TPSA) is 158 Å². The number of rotatable bonds is 12. The summed E-state index contributed by atoms with van der Waals surface area (Å²) in [5.41, 5.74) is 0.114. The van der Waals surface area contributed by atoms with Gasteiger partial charge in [-0.15, -0.1) is 0 Å². The first-order valence-corrected chi connectivity index (χ1v) is 17.5. The first-order valence-electron chi connectivity index (χ1n) is 15.5. The van der Waals surface area contributed by atoms with Gasteiger partial charge in [-0.2, -0.15) is 0 Å². The zero-order valence-electron chi connectivity index (χ0n) is 26.7. The van der Waals surface area contributed by atoms with E-state index < -0.39 is 76.6 Å². The van der Waals surface area contributed by atoms with E-state index >= 15 is 0 Å². The van der Waals surface area contributed by atoms with Gasteiger partial charge in [-0.25, -0.2) is 18.0 Å². The molecule has 0 fully saturated rings. The minimum absolute atomic E-state index is 0.130. The van der Waals surface area contributed by atoms with Gasteiger partial charge in [0.1, 0.15) is 15.9 Å². The number of hydrogen-bond acceptors (Lipinski definition) is 10. The lowest BCUT2D eigenvalue weighted by molar-refractivity contribution is -0.147. The largest absolute Gasteiger partial charge is 0.456 e. The number of ether oxygens (including phenoxy) is 2. The zero-order chi connectivity index (χ0) is 35.6. The number of Topliss-reactive ketones (excluding diaryl/α,β-unsaturated/α-hetero) is 2. The van der Waals surface area contributed by atoms with E-state index in [2.05, 4.69) is 0 Å². The maximum Gasteiger partial charge on any atom is 0.338 e. The van der Waals surface area contributed by atoms with Gasteiger partial charge in [0.25, 0.3) is 11.8 Å². The van der Waals surface area contributed by atoms with Gasteiger partial charge in [-0.1, -0.05) is 72.8 Å². The molecule has 0 spiro atoms. The predicted octanol–water partition coefficient (Wildman–Crippen LogP) is 4.86. The Bertz CT molecular complexity index is 2350. The number of imide groups is 1. The Balaban J connectivity index is 1.15. The van der Waals surface area contributed by atoms with Gasteiger partial charge in [0, 0.05) is 17.4 Å². The summed E-state index contributed by atoms with van der Waals surface area (Å²) < 4.78 is 34.5. The fraction of sp³-hybridized carbons (Fsp3) is 0.158. The molecule has 0 aliphatic carbocycles. The molecule has 6 rings (SSSR count). The van der Waals surface area contributed by atoms with Crippen LogP contribution in [0.1, 0.15) is 58.2 Å². The second kappa shape index (κ2) is 13.8. The first kappa shape index (κ1) is 33.9. The maximum atomic E-state index is 13.6. The molecule has 1 atom stereocenters. The van der Waals surface area contributed by atoms with Gasteiger partial charge < -0.3 is 9.47 Å². The fourth-order valence-corrected chi connectivity index (χ4v) is 6.34. The van der Waals surface area contributed by atoms with Crippen molar-refractivity contribution in [3.8, 4) is 0 Å². The normalized spacial score (nSPS) is 13.3. The number of sulfone groups is 1. The first-order chi connectivity index (χ1) is 23.9. The lowest BCUT2D eigenvalue weighted by atomic mass is 10.0. The molecule has 0 unspecified atom stereocenters. The molecule has 1 aliphatic rings. The van der Waals surface area contributed by atoms with Crippen molar-refractivity contribution >= 4 is 66.7 Å². The summed E-state index contributed by atoms with van der Waals surface area (Å²) in [5.74, 6) is -5.52. The van der Waals surface area contributed by atoms with Crippen LogP contribution in [-0.2, 0) is 24.1 Å². The number of carbonyl (C=O) groups excluding carboxylic acids is 6. The highest BCUT2D eigenvalue weighted by Gasteiger charge is 2.44. The number of amides is 2. The number of esters is 2. The molecule has 1 heterocycles. The van der Waals surface area contributed by atoms with Crippen molar-refractivity contribution in [1.82, 2.24) is 4.90 Å². The van der Waals surface area contributed by atoms with Crippen LogP contribution in [0, 0.1) is 0 Å². The third-order valence-corrected chi connectivity index (χ3v) is 9.30. The van der Waals surface area contributed by atoms with Crippen molar-refractivity contribution in [3.63, 3.8) is 0 Å². The Kier molecular flexibility index (Phi) is 9.38. The minimum Gasteiger partial charge on any atom is -0.456 e. The van der Waals surface area contributed by atoms with Crippen LogP contribution in [0.15, 0.2) is 103 Å². The van der Waals surface area contributed by atoms with E-state index in [-0.39, 0.29) is 22.3 Å². The summed E-state index contributed by atoms with van der Waals surface area (Å²) >= 11 is 0. The summed E-state index contributed by atoms with van der Waals surface area (Å²) in [6, 6.07) is 26.7. The average molecular weight is 692 g/mol. The van der Waals surface area contributed by atoms with E-state index in [0.29, 0.717) is 10.5 Å². The zero-order valence-corrected chi connectivity index (χ0v) is 27.5. The van der Waals surface area contributed by atoms with Crippen LogP contribution in [0.3, 0.4) is 0 Å². The average Bonchev–Trinajstić information content (AvgIpc) is 3.36. The van der Waals surface area contributed by atoms with Crippen molar-refractivity contribution in [1.29, 1.82) is 0 Å². The third-order valence-electron chi connectivity index (χ3n) is 8.32. The molecule has 0 aromatic heterocycles. The van der Waals surface area contributed by atoms with Crippen LogP contribution in [0.2, 0.25) is 0 Å². The van der Waals surface area contributed by atoms with Crippen LogP contribution in [-0.4, -0.2) is 79.9 Å². The molecule has 11 nitrogen and oxygen atoms in total. The van der Waals surface area contributed by atoms with Crippen LogP contribution in [0.5, 0.6) is 0 Å². The van der Waals surface area contributed by atoms with E-state index in [9.17, 15) is 37.2 Å². The maximum absolute atomic E-state index is 13.6. The molecule has 5 aromatic rings. The van der Waals surface area contributed by atoms with Crippen LogP contribution in [0.25, 0.3) is 21.5 Å². The third kappa shape index (κ3) is 7.20. The number of fused-ring (bicyclic) bond motifs is 3. The van der Waals surface area contributed by atoms with Crippen LogP contribution < -0.4 is 0 Å². The number of benzene rings is 5. The van der Waals surface area contributed by atoms with E-state index in [1.54, 1.807) is 36.4 Å². The van der Waals surface area contributed by atoms with Crippen molar-refractivity contribution in [2.45, 2.75) is 12.5 Å². The summed E-state index contributed by atoms with van der Waals surface area (Å²) in [6.45, 7) is -1.30. The number of carbonyl (C=O) groups is 6. The second-order valence-electron chi connectivity index (χ2n) is 11.8. The highest BCUT2D eigenvalue weighted by atomic mass is 32.2. The molecule has 12 heteroatoms. The predicted molar refractivity (Wildman–Crippen MR) is 183 cm³/mol. The Morgan fingerprint density at radius 1 is 0.620 bits per heavy atom. The van der Waals surface area contributed by atoms with Gasteiger partial charge in [-0.05, 0) is 58.3 Å². The van der Waals surface area contributed by atoms with Crippen molar-refractivity contribution < 1.29 is 46.7 Å². The highest BCUT2D eigenvalue weighted by molar-refractivity contribution is 7.90. The quantitative estimate of drug-likeness (QED) is 0.101. The van der Waals surface area contributed by atoms with Crippen molar-refractivity contribution in [3.05, 3.63) is 131 Å². The van der Waals surface area contributed by atoms with E-state index in [1.165, 1.54) is 12.1 Å². The van der Waals surface area contributed by atoms with Crippen molar-refractivity contribution in [2.75, 3.05) is 25.2 Å². The number of hydrogen-bond donors (Lipinski definition) is 0. The molecule has 0 radical (unpaired) electrons. The van der Waals surface area contributed by atoms with Gasteiger partial charge in [0.05, 0.1) is 22.4 Å². The molecule has 0 saturated heterocycles. The van der Waals surface area contributed by atoms with Gasteiger partial charge in [0.2, 0.25) is 0 Å². The van der Waals surface area contributed by atoms with Crippen molar-refractivity contribution in [2.24, 2.45) is 0 Å². The molecule has 0 saturated carbocycles. The monoisotopic (exact) mass is 691 g/mol. The summed E-state index contributed by atoms with van der Waals surface area (Å²) in [4.78, 5) is 79.5. The van der Waals surface area contributed by atoms with Crippen LogP contribution >= 0.6 is 0 Å². The Morgan fingerprint density at radius 3 is 1.68 bits per heavy atom. The molecule has 0 bridgehead atoms. The van der Waals surface area contributed by atoms with Gasteiger partial charge in [0.15, 0.2) is 24.8 Å². The number of ketones is 2. The Morgan fingerprint density at radius 2 is 1.12 bits per heavy atom. The Hall–Kier alpha value is -6.01.